The van der Waals surface area contributed by atoms with Gasteiger partial charge in [0.1, 0.15) is 11.6 Å². The Labute approximate surface area is 162 Å². The maximum absolute atomic E-state index is 13.6. The van der Waals surface area contributed by atoms with Crippen LogP contribution in [0, 0.1) is 5.82 Å². The Morgan fingerprint density at radius 1 is 1.22 bits per heavy atom. The highest BCUT2D eigenvalue weighted by molar-refractivity contribution is 7.89. The second kappa shape index (κ2) is 9.16. The van der Waals surface area contributed by atoms with Gasteiger partial charge in [0.2, 0.25) is 15.9 Å². The second-order valence-electron chi connectivity index (χ2n) is 5.48. The molecule has 2 rings (SSSR count). The second-order valence-corrected chi connectivity index (χ2v) is 7.83. The number of carbonyl (C=O) groups excluding carboxylic acids is 1. The maximum atomic E-state index is 13.6. The number of carbonyl (C=O) groups is 1. The molecule has 27 heavy (non-hydrogen) atoms. The van der Waals surface area contributed by atoms with E-state index in [0.29, 0.717) is 12.4 Å². The Balaban J connectivity index is 2.18. The van der Waals surface area contributed by atoms with Gasteiger partial charge in [-0.15, -0.1) is 0 Å². The van der Waals surface area contributed by atoms with Crippen LogP contribution in [0.4, 0.5) is 10.1 Å². The smallest absolute Gasteiger partial charge is 0.243 e. The van der Waals surface area contributed by atoms with E-state index in [2.05, 4.69) is 5.32 Å². The van der Waals surface area contributed by atoms with Gasteiger partial charge in [-0.1, -0.05) is 30.7 Å². The summed E-state index contributed by atoms with van der Waals surface area (Å²) in [5.41, 5.74) is -0.0138. The summed E-state index contributed by atoms with van der Waals surface area (Å²) in [6.07, 6.45) is 0. The Morgan fingerprint density at radius 2 is 1.93 bits per heavy atom. The van der Waals surface area contributed by atoms with Crippen LogP contribution < -0.4 is 10.1 Å². The van der Waals surface area contributed by atoms with Crippen molar-refractivity contribution < 1.29 is 22.3 Å². The maximum Gasteiger partial charge on any atom is 0.243 e. The van der Waals surface area contributed by atoms with Crippen LogP contribution in [0.15, 0.2) is 47.4 Å². The van der Waals surface area contributed by atoms with Gasteiger partial charge in [0.25, 0.3) is 0 Å². The van der Waals surface area contributed by atoms with E-state index in [9.17, 15) is 17.6 Å². The number of hydrogen-bond acceptors (Lipinski definition) is 4. The minimum atomic E-state index is -3.96. The molecule has 0 spiro atoms. The highest BCUT2D eigenvalue weighted by atomic mass is 35.5. The number of anilines is 1. The molecule has 146 valence electrons. The molecule has 6 nitrogen and oxygen atoms in total. The molecule has 0 unspecified atom stereocenters. The van der Waals surface area contributed by atoms with Crippen LogP contribution in [0.5, 0.6) is 5.75 Å². The van der Waals surface area contributed by atoms with Crippen LogP contribution in [0.1, 0.15) is 13.8 Å². The fourth-order valence-electron chi connectivity index (χ4n) is 2.34. The molecule has 0 fully saturated rings. The van der Waals surface area contributed by atoms with Gasteiger partial charge in [-0.05, 0) is 37.3 Å². The van der Waals surface area contributed by atoms with Crippen molar-refractivity contribution in [1.82, 2.24) is 4.31 Å². The van der Waals surface area contributed by atoms with Crippen LogP contribution in [0.3, 0.4) is 0 Å². The van der Waals surface area contributed by atoms with Crippen LogP contribution in [-0.4, -0.2) is 38.3 Å². The molecule has 0 aliphatic rings. The number of rotatable bonds is 8. The van der Waals surface area contributed by atoms with E-state index in [-0.39, 0.29) is 22.2 Å². The van der Waals surface area contributed by atoms with Crippen LogP contribution in [0.2, 0.25) is 5.02 Å². The lowest BCUT2D eigenvalue weighted by Crippen LogP contribution is -2.38. The predicted molar refractivity (Wildman–Crippen MR) is 102 cm³/mol. The average Bonchev–Trinajstić information content (AvgIpc) is 2.63. The van der Waals surface area contributed by atoms with E-state index in [0.717, 1.165) is 4.31 Å². The molecule has 9 heteroatoms. The van der Waals surface area contributed by atoms with E-state index in [1.807, 2.05) is 0 Å². The van der Waals surface area contributed by atoms with Gasteiger partial charge < -0.3 is 10.1 Å². The van der Waals surface area contributed by atoms with E-state index in [1.54, 1.807) is 19.9 Å². The van der Waals surface area contributed by atoms with Crippen molar-refractivity contribution in [3.8, 4) is 5.75 Å². The van der Waals surface area contributed by atoms with Crippen molar-refractivity contribution in [3.63, 3.8) is 0 Å². The molecule has 0 aromatic heterocycles. The number of likely N-dealkylation sites (N-methyl/N-ethyl adjacent to an activating group) is 1. The number of benzene rings is 2. The van der Waals surface area contributed by atoms with Gasteiger partial charge in [0.05, 0.1) is 28.8 Å². The van der Waals surface area contributed by atoms with Crippen molar-refractivity contribution in [2.45, 2.75) is 18.7 Å². The Kier molecular flexibility index (Phi) is 7.18. The molecule has 0 heterocycles. The van der Waals surface area contributed by atoms with Gasteiger partial charge in [0.15, 0.2) is 0 Å². The highest BCUT2D eigenvalue weighted by Gasteiger charge is 2.26. The molecular weight excluding hydrogens is 395 g/mol. The molecule has 0 radical (unpaired) electrons. The fraction of sp³-hybridized carbons (Fsp3) is 0.278. The minimum Gasteiger partial charge on any atom is -0.492 e. The zero-order valence-corrected chi connectivity index (χ0v) is 16.5. The Hall–Kier alpha value is -2.16. The van der Waals surface area contributed by atoms with Gasteiger partial charge in [-0.25, -0.2) is 12.8 Å². The van der Waals surface area contributed by atoms with Gasteiger partial charge in [0, 0.05) is 6.54 Å². The summed E-state index contributed by atoms with van der Waals surface area (Å²) < 4.78 is 45.5. The van der Waals surface area contributed by atoms with Gasteiger partial charge >= 0.3 is 0 Å². The fourth-order valence-corrected chi connectivity index (χ4v) is 4.07. The molecule has 2 aromatic carbocycles. The number of ether oxygens (including phenoxy) is 1. The molecule has 0 aliphatic heterocycles. The molecule has 0 aliphatic carbocycles. The number of nitrogens with one attached hydrogen (secondary N) is 1. The quantitative estimate of drug-likeness (QED) is 0.717. The Bertz CT molecular complexity index is 921. The Morgan fingerprint density at radius 3 is 2.52 bits per heavy atom. The van der Waals surface area contributed by atoms with Crippen molar-refractivity contribution in [2.24, 2.45) is 0 Å². The third-order valence-electron chi connectivity index (χ3n) is 3.66. The predicted octanol–water partition coefficient (Wildman–Crippen LogP) is 3.53. The van der Waals surface area contributed by atoms with E-state index < -0.39 is 28.3 Å². The number of hydrogen-bond donors (Lipinski definition) is 1. The summed E-state index contributed by atoms with van der Waals surface area (Å²) in [5, 5.41) is 2.53. The summed E-state index contributed by atoms with van der Waals surface area (Å²) in [5.74, 6) is -0.879. The van der Waals surface area contributed by atoms with E-state index >= 15 is 0 Å². The zero-order valence-electron chi connectivity index (χ0n) is 14.9. The summed E-state index contributed by atoms with van der Waals surface area (Å²) >= 11 is 6.06. The van der Waals surface area contributed by atoms with Gasteiger partial charge in [-0.2, -0.15) is 4.31 Å². The van der Waals surface area contributed by atoms with Crippen molar-refractivity contribution in [3.05, 3.63) is 53.3 Å². The van der Waals surface area contributed by atoms with Crippen molar-refractivity contribution in [2.75, 3.05) is 25.0 Å². The summed E-state index contributed by atoms with van der Waals surface area (Å²) in [4.78, 5) is 12.1. The molecule has 2 aromatic rings. The van der Waals surface area contributed by atoms with Crippen molar-refractivity contribution >= 4 is 33.2 Å². The number of amides is 1. The monoisotopic (exact) mass is 414 g/mol. The highest BCUT2D eigenvalue weighted by Crippen LogP contribution is 2.28. The van der Waals surface area contributed by atoms with Crippen LogP contribution in [0.25, 0.3) is 0 Å². The molecule has 1 N–H and O–H groups in total. The van der Waals surface area contributed by atoms with Crippen LogP contribution in [-0.2, 0) is 14.8 Å². The lowest BCUT2D eigenvalue weighted by atomic mass is 10.3. The molecule has 1 amide bonds. The molecular formula is C18H20ClFN2O4S. The number of sulfonamides is 1. The van der Waals surface area contributed by atoms with Crippen molar-refractivity contribution in [1.29, 1.82) is 0 Å². The number of para-hydroxylation sites is 1. The average molecular weight is 415 g/mol. The SMILES string of the molecule is CCOc1ccc(S(=O)(=O)N(CC)CC(=O)Nc2ccccc2F)cc1Cl. The lowest BCUT2D eigenvalue weighted by Gasteiger charge is -2.20. The van der Waals surface area contributed by atoms with Crippen LogP contribution >= 0.6 is 11.6 Å². The standard InChI is InChI=1S/C18H20ClFN2O4S/c1-3-22(12-18(23)21-16-8-6-5-7-15(16)20)27(24,25)13-9-10-17(26-4-2)14(19)11-13/h5-11H,3-4,12H2,1-2H3,(H,21,23). The first-order valence-corrected chi connectivity index (χ1v) is 10.1. The summed E-state index contributed by atoms with van der Waals surface area (Å²) in [7, 11) is -3.96. The number of nitrogens with zero attached hydrogens (tertiary/aromatic N) is 1. The lowest BCUT2D eigenvalue weighted by molar-refractivity contribution is -0.116. The number of halogens is 2. The molecule has 0 atom stereocenters. The summed E-state index contributed by atoms with van der Waals surface area (Å²) in [6, 6.07) is 9.75. The zero-order chi connectivity index (χ0) is 20.0. The third kappa shape index (κ3) is 5.18. The largest absolute Gasteiger partial charge is 0.492 e. The van der Waals surface area contributed by atoms with E-state index in [4.69, 9.17) is 16.3 Å². The first-order chi connectivity index (χ1) is 12.8. The third-order valence-corrected chi connectivity index (χ3v) is 5.87. The van der Waals surface area contributed by atoms with E-state index in [1.165, 1.54) is 36.4 Å². The molecule has 0 saturated carbocycles. The summed E-state index contributed by atoms with van der Waals surface area (Å²) in [6.45, 7) is 3.37. The minimum absolute atomic E-state index is 0.0138. The van der Waals surface area contributed by atoms with Gasteiger partial charge in [-0.3, -0.25) is 4.79 Å². The topological polar surface area (TPSA) is 75.7 Å². The molecule has 0 bridgehead atoms. The normalized spacial score (nSPS) is 11.4. The first-order valence-electron chi connectivity index (χ1n) is 8.26. The molecule has 0 saturated heterocycles. The first kappa shape index (κ1) is 21.1.